The SMILES string of the molecule is CCCCCCCCS[C@@H]1O[C@@H]([C@H](O)CO)[C@H](O)[C@H]1O. The van der Waals surface area contributed by atoms with Crippen LogP contribution in [0.15, 0.2) is 0 Å². The number of unbranched alkanes of at least 4 members (excludes halogenated alkanes) is 5. The van der Waals surface area contributed by atoms with Crippen molar-refractivity contribution in [1.82, 2.24) is 0 Å². The van der Waals surface area contributed by atoms with Gasteiger partial charge in [-0.3, -0.25) is 0 Å². The van der Waals surface area contributed by atoms with E-state index in [9.17, 15) is 15.3 Å². The first-order valence-electron chi connectivity index (χ1n) is 7.54. The molecule has 0 aliphatic carbocycles. The van der Waals surface area contributed by atoms with Gasteiger partial charge in [-0.1, -0.05) is 39.0 Å². The molecule has 1 aliphatic heterocycles. The third kappa shape index (κ3) is 5.50. The van der Waals surface area contributed by atoms with E-state index in [1.54, 1.807) is 0 Å². The van der Waals surface area contributed by atoms with Crippen LogP contribution >= 0.6 is 11.8 Å². The van der Waals surface area contributed by atoms with Gasteiger partial charge >= 0.3 is 0 Å². The van der Waals surface area contributed by atoms with Gasteiger partial charge in [0.05, 0.1) is 6.61 Å². The van der Waals surface area contributed by atoms with Gasteiger partial charge in [0.2, 0.25) is 0 Å². The zero-order valence-corrected chi connectivity index (χ0v) is 13.0. The number of hydrogen-bond donors (Lipinski definition) is 4. The average molecular weight is 308 g/mol. The molecule has 5 nitrogen and oxygen atoms in total. The maximum atomic E-state index is 9.86. The van der Waals surface area contributed by atoms with Crippen molar-refractivity contribution in [3.8, 4) is 0 Å². The van der Waals surface area contributed by atoms with Gasteiger partial charge in [0.25, 0.3) is 0 Å². The second kappa shape index (κ2) is 9.97. The van der Waals surface area contributed by atoms with Crippen molar-refractivity contribution in [3.05, 3.63) is 0 Å². The molecule has 120 valence electrons. The second-order valence-electron chi connectivity index (χ2n) is 5.34. The predicted molar refractivity (Wildman–Crippen MR) is 79.6 cm³/mol. The molecule has 0 saturated carbocycles. The van der Waals surface area contributed by atoms with Gasteiger partial charge < -0.3 is 25.2 Å². The average Bonchev–Trinajstić information content (AvgIpc) is 2.74. The Kier molecular flexibility index (Phi) is 9.08. The molecule has 4 N–H and O–H groups in total. The lowest BCUT2D eigenvalue weighted by molar-refractivity contribution is -0.0713. The third-order valence-electron chi connectivity index (χ3n) is 3.60. The normalized spacial score (nSPS) is 31.6. The molecule has 0 bridgehead atoms. The van der Waals surface area contributed by atoms with Crippen LogP contribution in [0.4, 0.5) is 0 Å². The molecule has 0 aromatic rings. The smallest absolute Gasteiger partial charge is 0.132 e. The summed E-state index contributed by atoms with van der Waals surface area (Å²) in [6, 6.07) is 0. The van der Waals surface area contributed by atoms with E-state index in [4.69, 9.17) is 9.84 Å². The van der Waals surface area contributed by atoms with Crippen molar-refractivity contribution in [2.24, 2.45) is 0 Å². The molecule has 1 saturated heterocycles. The van der Waals surface area contributed by atoms with Gasteiger partial charge in [0.15, 0.2) is 0 Å². The van der Waals surface area contributed by atoms with E-state index in [1.165, 1.54) is 43.9 Å². The highest BCUT2D eigenvalue weighted by atomic mass is 32.2. The Morgan fingerprint density at radius 1 is 1.05 bits per heavy atom. The zero-order valence-electron chi connectivity index (χ0n) is 12.1. The Bertz CT molecular complexity index is 254. The molecular formula is C14H28O5S. The van der Waals surface area contributed by atoms with Crippen LogP contribution in [0.3, 0.4) is 0 Å². The topological polar surface area (TPSA) is 90.2 Å². The molecule has 20 heavy (non-hydrogen) atoms. The molecular weight excluding hydrogens is 280 g/mol. The van der Waals surface area contributed by atoms with Gasteiger partial charge in [-0.25, -0.2) is 0 Å². The first-order valence-corrected chi connectivity index (χ1v) is 8.58. The fourth-order valence-corrected chi connectivity index (χ4v) is 3.48. The Hall–Kier alpha value is 0.150. The van der Waals surface area contributed by atoms with Crippen LogP contribution in [0.2, 0.25) is 0 Å². The van der Waals surface area contributed by atoms with Gasteiger partial charge in [0.1, 0.15) is 29.9 Å². The van der Waals surface area contributed by atoms with Crippen LogP contribution in [-0.4, -0.2) is 62.6 Å². The summed E-state index contributed by atoms with van der Waals surface area (Å²) < 4.78 is 5.44. The van der Waals surface area contributed by atoms with E-state index >= 15 is 0 Å². The molecule has 0 aromatic heterocycles. The number of rotatable bonds is 10. The summed E-state index contributed by atoms with van der Waals surface area (Å²) in [4.78, 5) is 0. The minimum Gasteiger partial charge on any atom is -0.394 e. The molecule has 0 amide bonds. The van der Waals surface area contributed by atoms with Gasteiger partial charge in [-0.2, -0.15) is 0 Å². The summed E-state index contributed by atoms with van der Waals surface area (Å²) in [6.07, 6.45) is 3.05. The lowest BCUT2D eigenvalue weighted by atomic mass is 10.1. The Balaban J connectivity index is 2.17. The monoisotopic (exact) mass is 308 g/mol. The molecule has 0 unspecified atom stereocenters. The summed E-state index contributed by atoms with van der Waals surface area (Å²) in [5.74, 6) is 0.864. The fraction of sp³-hybridized carbons (Fsp3) is 1.00. The minimum absolute atomic E-state index is 0.483. The van der Waals surface area contributed by atoms with E-state index < -0.39 is 36.5 Å². The molecule has 1 heterocycles. The van der Waals surface area contributed by atoms with Crippen LogP contribution < -0.4 is 0 Å². The Morgan fingerprint density at radius 3 is 2.35 bits per heavy atom. The summed E-state index contributed by atoms with van der Waals surface area (Å²) in [7, 11) is 0. The number of aliphatic hydroxyl groups is 4. The quantitative estimate of drug-likeness (QED) is 0.448. The van der Waals surface area contributed by atoms with Crippen LogP contribution in [0.25, 0.3) is 0 Å². The molecule has 6 heteroatoms. The van der Waals surface area contributed by atoms with Crippen molar-refractivity contribution in [2.75, 3.05) is 12.4 Å². The van der Waals surface area contributed by atoms with Crippen molar-refractivity contribution >= 4 is 11.8 Å². The zero-order chi connectivity index (χ0) is 15.0. The number of hydrogen-bond acceptors (Lipinski definition) is 6. The molecule has 1 rings (SSSR count). The minimum atomic E-state index is -1.15. The Morgan fingerprint density at radius 2 is 1.70 bits per heavy atom. The van der Waals surface area contributed by atoms with Gasteiger partial charge in [-0.05, 0) is 12.2 Å². The van der Waals surface area contributed by atoms with E-state index in [2.05, 4.69) is 6.92 Å². The number of thioether (sulfide) groups is 1. The lowest BCUT2D eigenvalue weighted by Crippen LogP contribution is -2.40. The molecule has 0 spiro atoms. The lowest BCUT2D eigenvalue weighted by Gasteiger charge is -2.18. The van der Waals surface area contributed by atoms with E-state index in [0.717, 1.165) is 12.2 Å². The second-order valence-corrected chi connectivity index (χ2v) is 6.54. The van der Waals surface area contributed by atoms with Crippen LogP contribution in [0, 0.1) is 0 Å². The van der Waals surface area contributed by atoms with Crippen molar-refractivity contribution in [2.45, 2.75) is 75.3 Å². The first kappa shape index (κ1) is 18.2. The van der Waals surface area contributed by atoms with E-state index in [0.29, 0.717) is 0 Å². The largest absolute Gasteiger partial charge is 0.394 e. The summed E-state index contributed by atoms with van der Waals surface area (Å²) in [5, 5.41) is 38.0. The molecule has 0 aromatic carbocycles. The maximum Gasteiger partial charge on any atom is 0.132 e. The summed E-state index contributed by atoms with van der Waals surface area (Å²) >= 11 is 1.47. The highest BCUT2D eigenvalue weighted by Gasteiger charge is 2.45. The van der Waals surface area contributed by atoms with Crippen LogP contribution in [0.1, 0.15) is 45.4 Å². The van der Waals surface area contributed by atoms with Gasteiger partial charge in [0, 0.05) is 0 Å². The van der Waals surface area contributed by atoms with Crippen molar-refractivity contribution in [3.63, 3.8) is 0 Å². The third-order valence-corrected chi connectivity index (χ3v) is 4.85. The summed E-state index contributed by atoms with van der Waals surface area (Å²) in [6.45, 7) is 1.71. The molecule has 1 aliphatic rings. The number of aliphatic hydroxyl groups excluding tert-OH is 4. The first-order chi connectivity index (χ1) is 9.61. The summed E-state index contributed by atoms with van der Waals surface area (Å²) in [5.41, 5.74) is -0.521. The molecule has 1 fully saturated rings. The highest BCUT2D eigenvalue weighted by molar-refractivity contribution is 7.99. The van der Waals surface area contributed by atoms with Crippen LogP contribution in [-0.2, 0) is 4.74 Å². The Labute approximate surface area is 125 Å². The highest BCUT2D eigenvalue weighted by Crippen LogP contribution is 2.31. The van der Waals surface area contributed by atoms with Gasteiger partial charge in [-0.15, -0.1) is 11.8 Å². The fourth-order valence-electron chi connectivity index (χ4n) is 2.31. The van der Waals surface area contributed by atoms with Crippen molar-refractivity contribution < 1.29 is 25.2 Å². The standard InChI is InChI=1S/C14H28O5S/c1-2-3-4-5-6-7-8-20-14-12(18)11(17)13(19-14)10(16)9-15/h10-18H,2-9H2,1H3/t10-,11-,12-,13+,14+/m1/s1. The predicted octanol–water partition coefficient (Wildman–Crippen LogP) is 0.880. The van der Waals surface area contributed by atoms with Crippen molar-refractivity contribution in [1.29, 1.82) is 0 Å². The van der Waals surface area contributed by atoms with E-state index in [-0.39, 0.29) is 0 Å². The van der Waals surface area contributed by atoms with Crippen LogP contribution in [0.5, 0.6) is 0 Å². The van der Waals surface area contributed by atoms with E-state index in [1.807, 2.05) is 0 Å². The number of ether oxygens (including phenoxy) is 1. The molecule has 0 radical (unpaired) electrons. The maximum absolute atomic E-state index is 9.86. The molecule has 5 atom stereocenters.